The van der Waals surface area contributed by atoms with Crippen molar-refractivity contribution in [2.75, 3.05) is 11.3 Å². The number of aryl methyl sites for hydroxylation is 1. The molecule has 0 radical (unpaired) electrons. The van der Waals surface area contributed by atoms with Crippen molar-refractivity contribution in [1.29, 1.82) is 0 Å². The van der Waals surface area contributed by atoms with Gasteiger partial charge in [-0.2, -0.15) is 0 Å². The smallest absolute Gasteiger partial charge is 0.263 e. The SMILES string of the molecule is Cc1nc(NS(=O)(=O)c2ccc(Cl)cc2)sc1C(=O)NCCc1ccccc1. The van der Waals surface area contributed by atoms with Crippen LogP contribution in [0.15, 0.2) is 59.5 Å². The zero-order valence-electron chi connectivity index (χ0n) is 15.0. The van der Waals surface area contributed by atoms with Crippen LogP contribution in [0.2, 0.25) is 5.02 Å². The first kappa shape index (κ1) is 20.3. The van der Waals surface area contributed by atoms with Crippen LogP contribution in [0.4, 0.5) is 5.13 Å². The number of thiazole rings is 1. The monoisotopic (exact) mass is 435 g/mol. The Bertz CT molecular complexity index is 1070. The average Bonchev–Trinajstić information content (AvgIpc) is 3.02. The van der Waals surface area contributed by atoms with Crippen molar-refractivity contribution in [2.45, 2.75) is 18.2 Å². The predicted molar refractivity (Wildman–Crippen MR) is 112 cm³/mol. The summed E-state index contributed by atoms with van der Waals surface area (Å²) in [6, 6.07) is 15.6. The number of benzene rings is 2. The summed E-state index contributed by atoms with van der Waals surface area (Å²) in [5.41, 5.74) is 1.59. The summed E-state index contributed by atoms with van der Waals surface area (Å²) in [5, 5.41) is 3.42. The van der Waals surface area contributed by atoms with Gasteiger partial charge in [0.15, 0.2) is 5.13 Å². The third-order valence-corrected chi connectivity index (χ3v) is 6.70. The lowest BCUT2D eigenvalue weighted by Crippen LogP contribution is -2.25. The van der Waals surface area contributed by atoms with Crippen molar-refractivity contribution in [2.24, 2.45) is 0 Å². The molecular formula is C19H18ClN3O3S2. The molecule has 0 aliphatic carbocycles. The number of nitrogens with zero attached hydrogens (tertiary/aromatic N) is 1. The first-order chi connectivity index (χ1) is 13.3. The topological polar surface area (TPSA) is 88.2 Å². The maximum Gasteiger partial charge on any atom is 0.263 e. The molecule has 9 heteroatoms. The molecule has 6 nitrogen and oxygen atoms in total. The lowest BCUT2D eigenvalue weighted by atomic mass is 10.1. The molecule has 0 aliphatic heterocycles. The Labute approximate surface area is 172 Å². The molecule has 2 N–H and O–H groups in total. The van der Waals surface area contributed by atoms with E-state index in [4.69, 9.17) is 11.6 Å². The third kappa shape index (κ3) is 5.09. The van der Waals surface area contributed by atoms with Crippen molar-refractivity contribution in [3.8, 4) is 0 Å². The van der Waals surface area contributed by atoms with Gasteiger partial charge in [-0.05, 0) is 43.2 Å². The van der Waals surface area contributed by atoms with Gasteiger partial charge in [-0.3, -0.25) is 9.52 Å². The molecule has 3 aromatic rings. The number of amides is 1. The maximum atomic E-state index is 12.4. The minimum Gasteiger partial charge on any atom is -0.351 e. The fourth-order valence-electron chi connectivity index (χ4n) is 2.48. The number of anilines is 1. The second-order valence-electron chi connectivity index (χ2n) is 5.98. The van der Waals surface area contributed by atoms with Crippen LogP contribution >= 0.6 is 22.9 Å². The Morgan fingerprint density at radius 1 is 1.11 bits per heavy atom. The van der Waals surface area contributed by atoms with Gasteiger partial charge >= 0.3 is 0 Å². The molecule has 2 aromatic carbocycles. The van der Waals surface area contributed by atoms with E-state index in [0.717, 1.165) is 16.9 Å². The first-order valence-electron chi connectivity index (χ1n) is 8.43. The highest BCUT2D eigenvalue weighted by Gasteiger charge is 2.20. The minimum absolute atomic E-state index is 0.0682. The van der Waals surface area contributed by atoms with E-state index < -0.39 is 10.0 Å². The van der Waals surface area contributed by atoms with E-state index in [1.807, 2.05) is 30.3 Å². The van der Waals surface area contributed by atoms with E-state index in [1.165, 1.54) is 24.3 Å². The number of hydrogen-bond donors (Lipinski definition) is 2. The summed E-state index contributed by atoms with van der Waals surface area (Å²) in [6.45, 7) is 2.15. The Kier molecular flexibility index (Phi) is 6.33. The molecule has 0 unspecified atom stereocenters. The normalized spacial score (nSPS) is 11.2. The zero-order chi connectivity index (χ0) is 20.1. The second kappa shape index (κ2) is 8.72. The number of halogens is 1. The molecule has 0 saturated heterocycles. The predicted octanol–water partition coefficient (Wildman–Crippen LogP) is 3.88. The lowest BCUT2D eigenvalue weighted by Gasteiger charge is -2.05. The number of nitrogens with one attached hydrogen (secondary N) is 2. The first-order valence-corrected chi connectivity index (χ1v) is 11.1. The highest BCUT2D eigenvalue weighted by Crippen LogP contribution is 2.25. The lowest BCUT2D eigenvalue weighted by molar-refractivity contribution is 0.0957. The van der Waals surface area contributed by atoms with Crippen LogP contribution in [0.1, 0.15) is 20.9 Å². The van der Waals surface area contributed by atoms with Gasteiger partial charge in [0.05, 0.1) is 10.6 Å². The Morgan fingerprint density at radius 3 is 2.46 bits per heavy atom. The molecule has 0 bridgehead atoms. The van der Waals surface area contributed by atoms with Crippen molar-refractivity contribution in [1.82, 2.24) is 10.3 Å². The molecule has 3 rings (SSSR count). The van der Waals surface area contributed by atoms with Gasteiger partial charge in [0.1, 0.15) is 4.88 Å². The van der Waals surface area contributed by atoms with Gasteiger partial charge in [0.25, 0.3) is 15.9 Å². The van der Waals surface area contributed by atoms with Crippen molar-refractivity contribution < 1.29 is 13.2 Å². The van der Waals surface area contributed by atoms with E-state index in [1.54, 1.807) is 6.92 Å². The van der Waals surface area contributed by atoms with E-state index in [0.29, 0.717) is 28.6 Å². The van der Waals surface area contributed by atoms with Gasteiger partial charge in [-0.15, -0.1) is 0 Å². The molecule has 28 heavy (non-hydrogen) atoms. The van der Waals surface area contributed by atoms with Crippen LogP contribution in [0, 0.1) is 6.92 Å². The maximum absolute atomic E-state index is 12.4. The summed E-state index contributed by atoms with van der Waals surface area (Å²) in [6.07, 6.45) is 0.709. The van der Waals surface area contributed by atoms with Gasteiger partial charge in [-0.25, -0.2) is 13.4 Å². The number of aromatic nitrogens is 1. The average molecular weight is 436 g/mol. The van der Waals surface area contributed by atoms with E-state index >= 15 is 0 Å². The molecule has 0 saturated carbocycles. The van der Waals surface area contributed by atoms with E-state index in [-0.39, 0.29) is 15.9 Å². The third-order valence-electron chi connectivity index (χ3n) is 3.89. The van der Waals surface area contributed by atoms with E-state index in [2.05, 4.69) is 15.0 Å². The number of sulfonamides is 1. The highest BCUT2D eigenvalue weighted by molar-refractivity contribution is 7.93. The van der Waals surface area contributed by atoms with Crippen LogP contribution in [0.3, 0.4) is 0 Å². The number of hydrogen-bond acceptors (Lipinski definition) is 5. The molecule has 146 valence electrons. The van der Waals surface area contributed by atoms with Crippen LogP contribution in [0.25, 0.3) is 0 Å². The highest BCUT2D eigenvalue weighted by atomic mass is 35.5. The van der Waals surface area contributed by atoms with Gasteiger partial charge in [0, 0.05) is 11.6 Å². The summed E-state index contributed by atoms with van der Waals surface area (Å²) in [5.74, 6) is -0.275. The second-order valence-corrected chi connectivity index (χ2v) is 9.10. The van der Waals surface area contributed by atoms with Gasteiger partial charge in [0.2, 0.25) is 0 Å². The molecule has 1 amide bonds. The van der Waals surface area contributed by atoms with Gasteiger partial charge in [-0.1, -0.05) is 53.3 Å². The molecule has 1 heterocycles. The molecule has 0 spiro atoms. The fraction of sp³-hybridized carbons (Fsp3) is 0.158. The zero-order valence-corrected chi connectivity index (χ0v) is 17.4. The van der Waals surface area contributed by atoms with Gasteiger partial charge < -0.3 is 5.32 Å². The Morgan fingerprint density at radius 2 is 1.79 bits per heavy atom. The summed E-state index contributed by atoms with van der Waals surface area (Å²) < 4.78 is 27.3. The van der Waals surface area contributed by atoms with Crippen LogP contribution in [-0.2, 0) is 16.4 Å². The standard InChI is InChI=1S/C19H18ClN3O3S2/c1-13-17(18(24)21-12-11-14-5-3-2-4-6-14)27-19(22-13)23-28(25,26)16-9-7-15(20)8-10-16/h2-10H,11-12H2,1H3,(H,21,24)(H,22,23). The number of rotatable bonds is 7. The van der Waals surface area contributed by atoms with Crippen molar-refractivity contribution >= 4 is 44.0 Å². The molecule has 0 aliphatic rings. The van der Waals surface area contributed by atoms with Crippen molar-refractivity contribution in [3.05, 3.63) is 75.8 Å². The molecule has 0 atom stereocenters. The molecule has 1 aromatic heterocycles. The largest absolute Gasteiger partial charge is 0.351 e. The summed E-state index contributed by atoms with van der Waals surface area (Å²) in [4.78, 5) is 17.0. The number of carbonyl (C=O) groups excluding carboxylic acids is 1. The Hall–Kier alpha value is -2.42. The van der Waals surface area contributed by atoms with E-state index in [9.17, 15) is 13.2 Å². The Balaban J connectivity index is 1.65. The summed E-state index contributed by atoms with van der Waals surface area (Å²) in [7, 11) is -3.80. The van der Waals surface area contributed by atoms with Crippen LogP contribution in [0.5, 0.6) is 0 Å². The van der Waals surface area contributed by atoms with Crippen molar-refractivity contribution in [3.63, 3.8) is 0 Å². The fourth-order valence-corrected chi connectivity index (χ4v) is 4.73. The van der Waals surface area contributed by atoms with Crippen LogP contribution < -0.4 is 10.0 Å². The molecule has 0 fully saturated rings. The molecular weight excluding hydrogens is 418 g/mol. The van der Waals surface area contributed by atoms with Crippen LogP contribution in [-0.4, -0.2) is 25.9 Å². The summed E-state index contributed by atoms with van der Waals surface area (Å²) >= 11 is 6.79. The minimum atomic E-state index is -3.80. The number of carbonyl (C=O) groups is 1. The quantitative estimate of drug-likeness (QED) is 0.589.